The summed E-state index contributed by atoms with van der Waals surface area (Å²) >= 11 is 0. The van der Waals surface area contributed by atoms with Crippen LogP contribution >= 0.6 is 0 Å². The van der Waals surface area contributed by atoms with Crippen LogP contribution in [0.2, 0.25) is 0 Å². The normalized spacial score (nSPS) is 20.1. The standard InChI is InChI=1S/C17H22N2O/c1-13-7-5-8-14-16(13)19-11-6-9-15(19)17(2,18-14)10-3-4-12-20/h5-9,11,18,20H,3-4,10,12H2,1-2H3. The maximum atomic E-state index is 9.00. The quantitative estimate of drug-likeness (QED) is 0.833. The average molecular weight is 270 g/mol. The molecular weight excluding hydrogens is 248 g/mol. The van der Waals surface area contributed by atoms with Gasteiger partial charge in [-0.2, -0.15) is 0 Å². The van der Waals surface area contributed by atoms with E-state index < -0.39 is 0 Å². The minimum Gasteiger partial charge on any atom is -0.396 e. The highest BCUT2D eigenvalue weighted by molar-refractivity contribution is 5.69. The number of aliphatic hydroxyl groups is 1. The van der Waals surface area contributed by atoms with Gasteiger partial charge in [0.1, 0.15) is 0 Å². The molecule has 0 aliphatic carbocycles. The minimum atomic E-state index is -0.0700. The Labute approximate surface area is 120 Å². The molecule has 3 rings (SSSR count). The molecule has 1 atom stereocenters. The molecule has 0 saturated carbocycles. The highest BCUT2D eigenvalue weighted by Gasteiger charge is 2.34. The van der Waals surface area contributed by atoms with E-state index in [-0.39, 0.29) is 12.1 Å². The Bertz CT molecular complexity index is 617. The first kappa shape index (κ1) is 13.3. The Morgan fingerprint density at radius 2 is 2.05 bits per heavy atom. The fraction of sp³-hybridized carbons (Fsp3) is 0.412. The van der Waals surface area contributed by atoms with Crippen LogP contribution in [0.4, 0.5) is 5.69 Å². The van der Waals surface area contributed by atoms with Crippen LogP contribution in [0.15, 0.2) is 36.5 Å². The van der Waals surface area contributed by atoms with Crippen LogP contribution in [-0.2, 0) is 5.54 Å². The smallest absolute Gasteiger partial charge is 0.0751 e. The summed E-state index contributed by atoms with van der Waals surface area (Å²) in [7, 11) is 0. The van der Waals surface area contributed by atoms with Gasteiger partial charge in [0.15, 0.2) is 0 Å². The van der Waals surface area contributed by atoms with Crippen molar-refractivity contribution in [1.82, 2.24) is 4.57 Å². The third-order valence-electron chi connectivity index (χ3n) is 4.29. The highest BCUT2D eigenvalue weighted by atomic mass is 16.2. The van der Waals surface area contributed by atoms with E-state index in [0.717, 1.165) is 19.3 Å². The zero-order chi connectivity index (χ0) is 14.2. The van der Waals surface area contributed by atoms with E-state index in [1.807, 2.05) is 0 Å². The van der Waals surface area contributed by atoms with Gasteiger partial charge in [0, 0.05) is 18.5 Å². The minimum absolute atomic E-state index is 0.0700. The summed E-state index contributed by atoms with van der Waals surface area (Å²) in [4.78, 5) is 0. The second-order valence-corrected chi connectivity index (χ2v) is 5.87. The van der Waals surface area contributed by atoms with Crippen molar-refractivity contribution >= 4 is 5.69 Å². The predicted octanol–water partition coefficient (Wildman–Crippen LogP) is 3.59. The molecule has 2 heterocycles. The van der Waals surface area contributed by atoms with Crippen LogP contribution in [0.5, 0.6) is 0 Å². The van der Waals surface area contributed by atoms with Crippen LogP contribution in [0, 0.1) is 6.92 Å². The number of benzene rings is 1. The molecule has 1 aromatic heterocycles. The van der Waals surface area contributed by atoms with Gasteiger partial charge >= 0.3 is 0 Å². The van der Waals surface area contributed by atoms with Gasteiger partial charge in [-0.3, -0.25) is 0 Å². The number of anilines is 1. The molecule has 0 spiro atoms. The van der Waals surface area contributed by atoms with Crippen molar-refractivity contribution in [2.24, 2.45) is 0 Å². The molecule has 0 saturated heterocycles. The SMILES string of the molecule is Cc1cccc2c1-n1cccc1C(C)(CCCCO)N2. The van der Waals surface area contributed by atoms with Gasteiger partial charge in [-0.05, 0) is 56.9 Å². The molecule has 0 amide bonds. The van der Waals surface area contributed by atoms with E-state index in [9.17, 15) is 0 Å². The van der Waals surface area contributed by atoms with Gasteiger partial charge in [-0.1, -0.05) is 12.1 Å². The summed E-state index contributed by atoms with van der Waals surface area (Å²) in [5.41, 5.74) is 4.97. The summed E-state index contributed by atoms with van der Waals surface area (Å²) in [5, 5.41) is 12.7. The number of para-hydroxylation sites is 1. The van der Waals surface area contributed by atoms with Gasteiger partial charge < -0.3 is 15.0 Å². The molecule has 106 valence electrons. The van der Waals surface area contributed by atoms with E-state index >= 15 is 0 Å². The lowest BCUT2D eigenvalue weighted by Crippen LogP contribution is -2.38. The molecular formula is C17H22N2O. The molecule has 3 nitrogen and oxygen atoms in total. The first-order valence-corrected chi connectivity index (χ1v) is 7.32. The van der Waals surface area contributed by atoms with Gasteiger partial charge in [-0.25, -0.2) is 0 Å². The Kier molecular flexibility index (Phi) is 3.30. The lowest BCUT2D eigenvalue weighted by atomic mass is 9.88. The van der Waals surface area contributed by atoms with Gasteiger partial charge in [-0.15, -0.1) is 0 Å². The molecule has 0 fully saturated rings. The van der Waals surface area contributed by atoms with E-state index in [0.29, 0.717) is 0 Å². The number of aliphatic hydroxyl groups excluding tert-OH is 1. The second-order valence-electron chi connectivity index (χ2n) is 5.87. The Hall–Kier alpha value is -1.74. The van der Waals surface area contributed by atoms with Crippen molar-refractivity contribution in [3.63, 3.8) is 0 Å². The van der Waals surface area contributed by atoms with Crippen molar-refractivity contribution in [2.75, 3.05) is 11.9 Å². The van der Waals surface area contributed by atoms with E-state index in [1.165, 1.54) is 22.6 Å². The van der Waals surface area contributed by atoms with E-state index in [1.54, 1.807) is 0 Å². The first-order valence-electron chi connectivity index (χ1n) is 7.32. The van der Waals surface area contributed by atoms with Crippen LogP contribution < -0.4 is 5.32 Å². The number of aromatic nitrogens is 1. The van der Waals surface area contributed by atoms with Crippen molar-refractivity contribution in [3.05, 3.63) is 47.8 Å². The van der Waals surface area contributed by atoms with Gasteiger partial charge in [0.2, 0.25) is 0 Å². The highest BCUT2D eigenvalue weighted by Crippen LogP contribution is 2.41. The molecule has 2 N–H and O–H groups in total. The Morgan fingerprint density at radius 1 is 1.20 bits per heavy atom. The zero-order valence-electron chi connectivity index (χ0n) is 12.2. The van der Waals surface area contributed by atoms with Crippen molar-refractivity contribution < 1.29 is 5.11 Å². The molecule has 20 heavy (non-hydrogen) atoms. The molecule has 1 aromatic carbocycles. The van der Waals surface area contributed by atoms with Crippen LogP contribution in [0.3, 0.4) is 0 Å². The maximum absolute atomic E-state index is 9.00. The number of nitrogens with one attached hydrogen (secondary N) is 1. The molecule has 0 radical (unpaired) electrons. The average Bonchev–Trinajstić information content (AvgIpc) is 2.89. The van der Waals surface area contributed by atoms with Crippen LogP contribution in [0.1, 0.15) is 37.4 Å². The fourth-order valence-electron chi connectivity index (χ4n) is 3.25. The third-order valence-corrected chi connectivity index (χ3v) is 4.29. The van der Waals surface area contributed by atoms with E-state index in [4.69, 9.17) is 5.11 Å². The summed E-state index contributed by atoms with van der Waals surface area (Å²) < 4.78 is 2.31. The number of aryl methyl sites for hydroxylation is 1. The van der Waals surface area contributed by atoms with Gasteiger partial charge in [0.05, 0.1) is 16.9 Å². The van der Waals surface area contributed by atoms with Crippen molar-refractivity contribution in [2.45, 2.75) is 38.6 Å². The van der Waals surface area contributed by atoms with Crippen molar-refractivity contribution in [1.29, 1.82) is 0 Å². The topological polar surface area (TPSA) is 37.2 Å². The lowest BCUT2D eigenvalue weighted by molar-refractivity contribution is 0.276. The Morgan fingerprint density at radius 3 is 2.85 bits per heavy atom. The number of unbranched alkanes of at least 4 members (excludes halogenated alkanes) is 1. The monoisotopic (exact) mass is 270 g/mol. The van der Waals surface area contributed by atoms with E-state index in [2.05, 4.69) is 60.3 Å². The Balaban J connectivity index is 2.03. The lowest BCUT2D eigenvalue weighted by Gasteiger charge is -2.39. The van der Waals surface area contributed by atoms with Crippen molar-refractivity contribution in [3.8, 4) is 5.69 Å². The summed E-state index contributed by atoms with van der Waals surface area (Å²) in [6, 6.07) is 10.7. The fourth-order valence-corrected chi connectivity index (χ4v) is 3.25. The van der Waals surface area contributed by atoms with Crippen LogP contribution in [0.25, 0.3) is 5.69 Å². The molecule has 0 bridgehead atoms. The first-order chi connectivity index (χ1) is 9.65. The molecule has 1 aliphatic rings. The number of hydrogen-bond donors (Lipinski definition) is 2. The largest absolute Gasteiger partial charge is 0.396 e. The zero-order valence-corrected chi connectivity index (χ0v) is 12.2. The molecule has 2 aromatic rings. The number of hydrogen-bond acceptors (Lipinski definition) is 2. The number of nitrogens with zero attached hydrogens (tertiary/aromatic N) is 1. The third kappa shape index (κ3) is 2.02. The van der Waals surface area contributed by atoms with Gasteiger partial charge in [0.25, 0.3) is 0 Å². The molecule has 3 heteroatoms. The second kappa shape index (κ2) is 4.98. The summed E-state index contributed by atoms with van der Waals surface area (Å²) in [5.74, 6) is 0. The predicted molar refractivity (Wildman–Crippen MR) is 82.4 cm³/mol. The molecule has 1 unspecified atom stereocenters. The maximum Gasteiger partial charge on any atom is 0.0751 e. The number of rotatable bonds is 4. The molecule has 1 aliphatic heterocycles. The number of fused-ring (bicyclic) bond motifs is 3. The summed E-state index contributed by atoms with van der Waals surface area (Å²) in [6.45, 7) is 4.67. The summed E-state index contributed by atoms with van der Waals surface area (Å²) in [6.07, 6.45) is 5.04. The van der Waals surface area contributed by atoms with Crippen LogP contribution in [-0.4, -0.2) is 16.3 Å².